The molecule has 1 aliphatic carbocycles. The number of rotatable bonds is 4. The van der Waals surface area contributed by atoms with Gasteiger partial charge in [0.2, 0.25) is 14.9 Å². The molecule has 6 nitrogen and oxygen atoms in total. The van der Waals surface area contributed by atoms with Crippen LogP contribution in [0.3, 0.4) is 0 Å². The topological polar surface area (TPSA) is 89.3 Å². The van der Waals surface area contributed by atoms with E-state index in [-0.39, 0.29) is 15.7 Å². The van der Waals surface area contributed by atoms with Crippen LogP contribution in [0.4, 0.5) is 5.13 Å². The summed E-state index contributed by atoms with van der Waals surface area (Å²) in [6.07, 6.45) is 4.18. The van der Waals surface area contributed by atoms with Gasteiger partial charge in [-0.15, -0.1) is 11.3 Å². The zero-order valence-corrected chi connectivity index (χ0v) is 15.4. The first-order valence-electron chi connectivity index (χ1n) is 8.24. The quantitative estimate of drug-likeness (QED) is 0.736. The number of aromatic nitrogens is 1. The summed E-state index contributed by atoms with van der Waals surface area (Å²) < 4.78 is 30.4. The minimum atomic E-state index is -3.79. The molecule has 3 aromatic rings. The Kier molecular flexibility index (Phi) is 4.37. The first-order valence-corrected chi connectivity index (χ1v) is 10.5. The number of anilines is 1. The highest BCUT2D eigenvalue weighted by atomic mass is 32.2. The highest BCUT2D eigenvalue weighted by Crippen LogP contribution is 2.30. The number of nitrogens with zero attached hydrogens (tertiary/aromatic N) is 1. The fraction of sp³-hybridized carbons (Fsp3) is 0.222. The van der Waals surface area contributed by atoms with Crippen LogP contribution < -0.4 is 5.32 Å². The molecule has 0 aliphatic heterocycles. The summed E-state index contributed by atoms with van der Waals surface area (Å²) in [5.74, 6) is -0.571. The van der Waals surface area contributed by atoms with Crippen LogP contribution in [0.15, 0.2) is 56.9 Å². The Hall–Kier alpha value is -2.45. The molecule has 0 atom stereocenters. The molecule has 0 spiro atoms. The van der Waals surface area contributed by atoms with Gasteiger partial charge in [0.25, 0.3) is 5.91 Å². The number of furan rings is 1. The van der Waals surface area contributed by atoms with Crippen LogP contribution in [-0.2, 0) is 22.7 Å². The summed E-state index contributed by atoms with van der Waals surface area (Å²) in [5, 5.41) is 2.96. The fourth-order valence-electron chi connectivity index (χ4n) is 2.87. The zero-order chi connectivity index (χ0) is 18.1. The summed E-state index contributed by atoms with van der Waals surface area (Å²) in [6.45, 7) is 0. The summed E-state index contributed by atoms with van der Waals surface area (Å²) in [7, 11) is -3.79. The molecule has 0 fully saturated rings. The van der Waals surface area contributed by atoms with Gasteiger partial charge >= 0.3 is 0 Å². The van der Waals surface area contributed by atoms with Crippen LogP contribution in [0, 0.1) is 0 Å². The van der Waals surface area contributed by atoms with Gasteiger partial charge in [-0.1, -0.05) is 18.2 Å². The molecule has 1 aromatic carbocycles. The number of carbonyl (C=O) groups is 1. The van der Waals surface area contributed by atoms with Crippen molar-refractivity contribution in [3.63, 3.8) is 0 Å². The average molecular weight is 388 g/mol. The van der Waals surface area contributed by atoms with E-state index in [0.29, 0.717) is 5.13 Å². The molecule has 0 saturated carbocycles. The van der Waals surface area contributed by atoms with E-state index in [1.54, 1.807) is 18.2 Å². The second kappa shape index (κ2) is 6.69. The third-order valence-electron chi connectivity index (χ3n) is 4.19. The molecule has 134 valence electrons. The van der Waals surface area contributed by atoms with Crippen molar-refractivity contribution in [1.29, 1.82) is 0 Å². The monoisotopic (exact) mass is 388 g/mol. The Labute approximate surface area is 154 Å². The molecule has 0 saturated heterocycles. The second-order valence-corrected chi connectivity index (χ2v) is 8.95. The highest BCUT2D eigenvalue weighted by Gasteiger charge is 2.24. The van der Waals surface area contributed by atoms with Crippen LogP contribution in [0.2, 0.25) is 0 Å². The number of hydrogen-bond donors (Lipinski definition) is 1. The van der Waals surface area contributed by atoms with Crippen molar-refractivity contribution in [3.05, 3.63) is 58.8 Å². The van der Waals surface area contributed by atoms with E-state index in [0.717, 1.165) is 31.4 Å². The number of thiazole rings is 1. The van der Waals surface area contributed by atoms with Crippen LogP contribution in [0.5, 0.6) is 0 Å². The minimum Gasteiger partial charge on any atom is -0.439 e. The number of aryl methyl sites for hydroxylation is 2. The van der Waals surface area contributed by atoms with E-state index in [1.807, 2.05) is 0 Å². The fourth-order valence-corrected chi connectivity index (χ4v) is 5.11. The summed E-state index contributed by atoms with van der Waals surface area (Å²) >= 11 is 1.46. The van der Waals surface area contributed by atoms with Crippen molar-refractivity contribution >= 4 is 32.2 Å². The molecular weight excluding hydrogens is 372 g/mol. The Morgan fingerprint density at radius 3 is 2.62 bits per heavy atom. The van der Waals surface area contributed by atoms with E-state index in [4.69, 9.17) is 4.42 Å². The van der Waals surface area contributed by atoms with Gasteiger partial charge in [-0.3, -0.25) is 10.1 Å². The maximum Gasteiger partial charge on any atom is 0.293 e. The van der Waals surface area contributed by atoms with Gasteiger partial charge < -0.3 is 4.42 Å². The number of hydrogen-bond acceptors (Lipinski definition) is 6. The number of sulfone groups is 1. The average Bonchev–Trinajstić information content (AvgIpc) is 3.29. The summed E-state index contributed by atoms with van der Waals surface area (Å²) in [6, 6.07) is 10.6. The van der Waals surface area contributed by atoms with Gasteiger partial charge in [0.1, 0.15) is 0 Å². The number of nitrogens with one attached hydrogen (secondary N) is 1. The van der Waals surface area contributed by atoms with Gasteiger partial charge in [0, 0.05) is 4.88 Å². The number of fused-ring (bicyclic) bond motifs is 1. The van der Waals surface area contributed by atoms with Crippen molar-refractivity contribution in [2.45, 2.75) is 35.7 Å². The van der Waals surface area contributed by atoms with Crippen LogP contribution in [-0.4, -0.2) is 19.3 Å². The lowest BCUT2D eigenvalue weighted by Crippen LogP contribution is -2.11. The maximum absolute atomic E-state index is 12.5. The first kappa shape index (κ1) is 17.0. The first-order chi connectivity index (χ1) is 12.5. The van der Waals surface area contributed by atoms with Crippen molar-refractivity contribution in [1.82, 2.24) is 4.98 Å². The molecular formula is C18H16N2O4S2. The molecule has 1 amide bonds. The number of benzene rings is 1. The van der Waals surface area contributed by atoms with Gasteiger partial charge in [0.15, 0.2) is 10.9 Å². The Morgan fingerprint density at radius 2 is 1.85 bits per heavy atom. The number of amides is 1. The molecule has 0 unspecified atom stereocenters. The third-order valence-corrected chi connectivity index (χ3v) is 6.90. The lowest BCUT2D eigenvalue weighted by atomic mass is 10.0. The van der Waals surface area contributed by atoms with Crippen molar-refractivity contribution in [2.75, 3.05) is 5.32 Å². The zero-order valence-electron chi connectivity index (χ0n) is 13.8. The minimum absolute atomic E-state index is 0.0623. The normalized spacial score (nSPS) is 14.0. The molecule has 0 bridgehead atoms. The van der Waals surface area contributed by atoms with Gasteiger partial charge in [-0.25, -0.2) is 13.4 Å². The highest BCUT2D eigenvalue weighted by molar-refractivity contribution is 7.91. The van der Waals surface area contributed by atoms with E-state index in [1.165, 1.54) is 40.5 Å². The Balaban J connectivity index is 1.54. The molecule has 2 aromatic heterocycles. The van der Waals surface area contributed by atoms with E-state index in [9.17, 15) is 13.2 Å². The van der Waals surface area contributed by atoms with Crippen molar-refractivity contribution in [3.8, 4) is 0 Å². The maximum atomic E-state index is 12.5. The van der Waals surface area contributed by atoms with Gasteiger partial charge in [-0.2, -0.15) is 0 Å². The van der Waals surface area contributed by atoms with Crippen LogP contribution in [0.25, 0.3) is 0 Å². The molecule has 1 aliphatic rings. The van der Waals surface area contributed by atoms with Gasteiger partial charge in [-0.05, 0) is 49.9 Å². The van der Waals surface area contributed by atoms with E-state index >= 15 is 0 Å². The van der Waals surface area contributed by atoms with Gasteiger partial charge in [0.05, 0.1) is 10.6 Å². The standard InChI is InChI=1S/C18H16N2O4S2/c21-17(20-18-19-13-8-4-5-9-15(13)25-18)14-10-11-16(24-14)26(22,23)12-6-2-1-3-7-12/h1-3,6-7,10-11H,4-5,8-9H2,(H,19,20,21). The smallest absolute Gasteiger partial charge is 0.293 e. The number of carbonyl (C=O) groups excluding carboxylic acids is 1. The molecule has 8 heteroatoms. The Bertz CT molecular complexity index is 1030. The Morgan fingerprint density at radius 1 is 1.08 bits per heavy atom. The third kappa shape index (κ3) is 3.17. The predicted octanol–water partition coefficient (Wildman–Crippen LogP) is 3.70. The SMILES string of the molecule is O=C(Nc1nc2c(s1)CCCC2)c1ccc(S(=O)(=O)c2ccccc2)o1. The molecule has 1 N–H and O–H groups in total. The predicted molar refractivity (Wildman–Crippen MR) is 97.3 cm³/mol. The van der Waals surface area contributed by atoms with Crippen LogP contribution in [0.1, 0.15) is 34.0 Å². The van der Waals surface area contributed by atoms with Crippen molar-refractivity contribution < 1.29 is 17.6 Å². The largest absolute Gasteiger partial charge is 0.439 e. The van der Waals surface area contributed by atoms with Crippen LogP contribution >= 0.6 is 11.3 Å². The molecule has 4 rings (SSSR count). The molecule has 0 radical (unpaired) electrons. The van der Waals surface area contributed by atoms with E-state index in [2.05, 4.69) is 10.3 Å². The van der Waals surface area contributed by atoms with E-state index < -0.39 is 15.7 Å². The second-order valence-electron chi connectivity index (χ2n) is 5.99. The molecule has 26 heavy (non-hydrogen) atoms. The molecule has 2 heterocycles. The lowest BCUT2D eigenvalue weighted by molar-refractivity contribution is 0.0991. The summed E-state index contributed by atoms with van der Waals surface area (Å²) in [5.41, 5.74) is 1.04. The summed E-state index contributed by atoms with van der Waals surface area (Å²) in [4.78, 5) is 18.1. The van der Waals surface area contributed by atoms with Crippen molar-refractivity contribution in [2.24, 2.45) is 0 Å². The lowest BCUT2D eigenvalue weighted by Gasteiger charge is -2.06.